The topological polar surface area (TPSA) is 62.7 Å². The van der Waals surface area contributed by atoms with Crippen LogP contribution in [0.1, 0.15) is 64.7 Å². The van der Waals surface area contributed by atoms with Crippen molar-refractivity contribution < 1.29 is 40.7 Å². The molecule has 0 spiro atoms. The number of pyridine rings is 1. The van der Waals surface area contributed by atoms with Crippen molar-refractivity contribution >= 4 is 46.4 Å². The molecule has 242 valence electrons. The van der Waals surface area contributed by atoms with Gasteiger partial charge in [-0.15, -0.1) is 11.3 Å². The first-order valence-electron chi connectivity index (χ1n) is 14.1. The van der Waals surface area contributed by atoms with E-state index in [9.17, 15) is 35.9 Å². The van der Waals surface area contributed by atoms with E-state index < -0.39 is 51.9 Å². The third-order valence-electron chi connectivity index (χ3n) is 8.06. The fourth-order valence-electron chi connectivity index (χ4n) is 6.07. The zero-order valence-electron chi connectivity index (χ0n) is 23.8. The quantitative estimate of drug-likeness (QED) is 0.244. The van der Waals surface area contributed by atoms with Crippen molar-refractivity contribution in [1.82, 2.24) is 14.8 Å². The number of ether oxygens (including phenoxy) is 1. The normalized spacial score (nSPS) is 20.6. The first-order chi connectivity index (χ1) is 21.2. The number of fused-ring (bicyclic) bond motifs is 1. The van der Waals surface area contributed by atoms with Crippen LogP contribution in [0.2, 0.25) is 10.0 Å². The third kappa shape index (κ3) is 6.62. The molecule has 2 aliphatic heterocycles. The third-order valence-corrected chi connectivity index (χ3v) is 9.73. The summed E-state index contributed by atoms with van der Waals surface area (Å²) < 4.78 is 88.5. The fourth-order valence-corrected chi connectivity index (χ4v) is 7.12. The minimum atomic E-state index is -4.88. The maximum absolute atomic E-state index is 14.7. The van der Waals surface area contributed by atoms with Gasteiger partial charge in [0.05, 0.1) is 21.7 Å². The van der Waals surface area contributed by atoms with Gasteiger partial charge in [0.2, 0.25) is 5.60 Å². The predicted octanol–water partition coefficient (Wildman–Crippen LogP) is 8.29. The number of aromatic nitrogens is 1. The van der Waals surface area contributed by atoms with Crippen LogP contribution in [0.3, 0.4) is 0 Å². The van der Waals surface area contributed by atoms with Crippen molar-refractivity contribution in [2.24, 2.45) is 0 Å². The molecule has 5 rings (SSSR count). The number of carbonyl (C=O) groups excluding carboxylic acids is 2. The summed E-state index contributed by atoms with van der Waals surface area (Å²) in [5, 5.41) is 1.77. The van der Waals surface area contributed by atoms with E-state index in [4.69, 9.17) is 27.9 Å². The molecule has 45 heavy (non-hydrogen) atoms. The van der Waals surface area contributed by atoms with Crippen LogP contribution in [0.4, 0.5) is 26.3 Å². The van der Waals surface area contributed by atoms with Gasteiger partial charge >= 0.3 is 12.4 Å². The number of halogens is 8. The van der Waals surface area contributed by atoms with Gasteiger partial charge in [0.1, 0.15) is 16.3 Å². The van der Waals surface area contributed by atoms with Crippen LogP contribution in [-0.4, -0.2) is 51.3 Å². The lowest BCUT2D eigenvalue weighted by Gasteiger charge is -2.50. The van der Waals surface area contributed by atoms with E-state index in [1.807, 2.05) is 0 Å². The molecule has 4 heterocycles. The first-order valence-corrected chi connectivity index (χ1v) is 15.7. The molecule has 15 heteroatoms. The average molecular weight is 695 g/mol. The molecule has 3 aromatic rings. The first kappa shape index (κ1) is 33.3. The van der Waals surface area contributed by atoms with Crippen molar-refractivity contribution in [3.63, 3.8) is 0 Å². The number of piperidine rings is 1. The summed E-state index contributed by atoms with van der Waals surface area (Å²) in [4.78, 5) is 34.0. The van der Waals surface area contributed by atoms with Gasteiger partial charge in [-0.1, -0.05) is 36.5 Å². The van der Waals surface area contributed by atoms with Crippen LogP contribution >= 0.6 is 34.5 Å². The summed E-state index contributed by atoms with van der Waals surface area (Å²) in [6.07, 6.45) is -7.43. The number of amides is 2. The van der Waals surface area contributed by atoms with Gasteiger partial charge in [-0.25, -0.2) is 0 Å². The molecule has 2 amide bonds. The minimum absolute atomic E-state index is 0.00978. The molecule has 1 fully saturated rings. The number of hydrogen-bond acceptors (Lipinski definition) is 5. The Morgan fingerprint density at radius 2 is 1.78 bits per heavy atom. The van der Waals surface area contributed by atoms with Gasteiger partial charge in [0, 0.05) is 43.7 Å². The zero-order chi connectivity index (χ0) is 32.7. The highest BCUT2D eigenvalue weighted by Crippen LogP contribution is 2.43. The number of alkyl halides is 6. The van der Waals surface area contributed by atoms with E-state index >= 15 is 0 Å². The molecule has 2 aromatic heterocycles. The number of thiophene rings is 1. The SMILES string of the molecule is CCC[C@H]1N(C(=O)c2ncccc2C(F)(F)F)CCC[C@@]1(Oc1csc(C(F)(F)F)c1)C(=O)N1CCc2cc(Cl)c(Cl)cc2C1. The highest BCUT2D eigenvalue weighted by Gasteiger charge is 2.56. The lowest BCUT2D eigenvalue weighted by molar-refractivity contribution is -0.160. The van der Waals surface area contributed by atoms with E-state index in [1.165, 1.54) is 4.90 Å². The van der Waals surface area contributed by atoms with Crippen LogP contribution < -0.4 is 4.74 Å². The number of likely N-dealkylation sites (tertiary alicyclic amines) is 1. The van der Waals surface area contributed by atoms with Crippen LogP contribution in [0.25, 0.3) is 0 Å². The lowest BCUT2D eigenvalue weighted by atomic mass is 9.79. The molecule has 2 atom stereocenters. The molecule has 0 radical (unpaired) electrons. The Labute approximate surface area is 268 Å². The van der Waals surface area contributed by atoms with Gasteiger partial charge in [-0.2, -0.15) is 26.3 Å². The summed E-state index contributed by atoms with van der Waals surface area (Å²) in [6.45, 7) is 2.05. The highest BCUT2D eigenvalue weighted by molar-refractivity contribution is 7.10. The molecular weight excluding hydrogens is 667 g/mol. The summed E-state index contributed by atoms with van der Waals surface area (Å²) in [5.41, 5.74) is -2.38. The smallest absolute Gasteiger partial charge is 0.425 e. The van der Waals surface area contributed by atoms with Crippen molar-refractivity contribution in [1.29, 1.82) is 0 Å². The Hall–Kier alpha value is -3.03. The molecule has 0 saturated carbocycles. The zero-order valence-corrected chi connectivity index (χ0v) is 26.1. The van der Waals surface area contributed by atoms with E-state index in [0.717, 1.165) is 40.2 Å². The van der Waals surface area contributed by atoms with Gasteiger partial charge in [-0.3, -0.25) is 14.6 Å². The number of carbonyl (C=O) groups is 2. The molecule has 2 aliphatic rings. The van der Waals surface area contributed by atoms with Crippen LogP contribution in [0, 0.1) is 0 Å². The molecular formula is C30H27Cl2F6N3O3S. The van der Waals surface area contributed by atoms with Crippen molar-refractivity contribution in [3.8, 4) is 5.75 Å². The second-order valence-electron chi connectivity index (χ2n) is 11.0. The van der Waals surface area contributed by atoms with Gasteiger partial charge in [0.15, 0.2) is 0 Å². The number of hydrogen-bond donors (Lipinski definition) is 0. The van der Waals surface area contributed by atoms with Crippen molar-refractivity contribution in [2.75, 3.05) is 13.1 Å². The lowest BCUT2D eigenvalue weighted by Crippen LogP contribution is -2.68. The van der Waals surface area contributed by atoms with Gasteiger partial charge in [0.25, 0.3) is 11.8 Å². The maximum Gasteiger partial charge on any atom is 0.425 e. The Kier molecular flexibility index (Phi) is 9.36. The summed E-state index contributed by atoms with van der Waals surface area (Å²) in [6, 6.07) is 4.84. The standard InChI is InChI=1S/C30H27Cl2F6N3O3S/c1-2-5-23-28(44-19-14-24(45-16-19)30(36,37)38,27(43)40-11-7-17-12-21(31)22(32)13-18(17)15-40)8-4-10-41(23)26(42)25-20(29(33,34)35)6-3-9-39-25/h3,6,9,12-14,16,23H,2,4-5,7-8,10-11,15H2,1H3/t23-,28+/m1/s1. The molecule has 0 aliphatic carbocycles. The average Bonchev–Trinajstić information content (AvgIpc) is 3.46. The molecule has 0 bridgehead atoms. The molecule has 0 unspecified atom stereocenters. The molecule has 0 N–H and O–H groups in total. The Morgan fingerprint density at radius 1 is 1.07 bits per heavy atom. The Balaban J connectivity index is 1.59. The van der Waals surface area contributed by atoms with Crippen molar-refractivity contribution in [2.45, 2.75) is 69.6 Å². The van der Waals surface area contributed by atoms with Crippen molar-refractivity contribution in [3.05, 3.63) is 79.2 Å². The molecule has 1 aromatic carbocycles. The van der Waals surface area contributed by atoms with Gasteiger partial charge in [-0.05, 0) is 54.7 Å². The van der Waals surface area contributed by atoms with E-state index in [2.05, 4.69) is 4.98 Å². The summed E-state index contributed by atoms with van der Waals surface area (Å²) in [7, 11) is 0. The Morgan fingerprint density at radius 3 is 2.42 bits per heavy atom. The summed E-state index contributed by atoms with van der Waals surface area (Å²) in [5.74, 6) is -1.86. The van der Waals surface area contributed by atoms with E-state index in [1.54, 1.807) is 19.1 Å². The number of benzene rings is 1. The summed E-state index contributed by atoms with van der Waals surface area (Å²) >= 11 is 12.8. The van der Waals surface area contributed by atoms with E-state index in [-0.39, 0.29) is 49.7 Å². The maximum atomic E-state index is 14.7. The number of nitrogens with zero attached hydrogens (tertiary/aromatic N) is 3. The van der Waals surface area contributed by atoms with Crippen LogP contribution in [-0.2, 0) is 30.1 Å². The van der Waals surface area contributed by atoms with E-state index in [0.29, 0.717) is 34.8 Å². The van der Waals surface area contributed by atoms with Crippen LogP contribution in [0.15, 0.2) is 41.9 Å². The van der Waals surface area contributed by atoms with Gasteiger partial charge < -0.3 is 14.5 Å². The molecule has 1 saturated heterocycles. The Bertz CT molecular complexity index is 1600. The van der Waals surface area contributed by atoms with Crippen LogP contribution in [0.5, 0.6) is 5.75 Å². The minimum Gasteiger partial charge on any atom is -0.474 e. The second-order valence-corrected chi connectivity index (χ2v) is 12.7. The number of rotatable bonds is 6. The predicted molar refractivity (Wildman–Crippen MR) is 156 cm³/mol. The fraction of sp³-hybridized carbons (Fsp3) is 0.433. The molecule has 6 nitrogen and oxygen atoms in total. The highest BCUT2D eigenvalue weighted by atomic mass is 35.5. The largest absolute Gasteiger partial charge is 0.474 e. The second kappa shape index (κ2) is 12.6. The monoisotopic (exact) mass is 693 g/mol.